The summed E-state index contributed by atoms with van der Waals surface area (Å²) in [5.74, 6) is -0.848. The van der Waals surface area contributed by atoms with Gasteiger partial charge in [0.15, 0.2) is 11.5 Å². The number of carbonyl (C=O) groups excluding carboxylic acids is 2. The molecule has 0 aliphatic heterocycles. The van der Waals surface area contributed by atoms with Crippen LogP contribution in [0.25, 0.3) is 0 Å². The molecule has 0 bridgehead atoms. The lowest BCUT2D eigenvalue weighted by Gasteiger charge is -2.18. The molecule has 1 aromatic rings. The van der Waals surface area contributed by atoms with Gasteiger partial charge >= 0.3 is 0 Å². The van der Waals surface area contributed by atoms with Crippen molar-refractivity contribution in [2.45, 2.75) is 5.92 Å². The highest BCUT2D eigenvalue weighted by Crippen LogP contribution is 2.30. The maximum atomic E-state index is 12.1. The molecule has 1 aliphatic rings. The number of ether oxygens (including phenoxy) is 1. The van der Waals surface area contributed by atoms with Crippen LogP contribution in [0.4, 0.5) is 0 Å². The summed E-state index contributed by atoms with van der Waals surface area (Å²) in [6, 6.07) is 6.43. The third-order valence-corrected chi connectivity index (χ3v) is 3.12. The highest BCUT2D eigenvalue weighted by Gasteiger charge is 2.26. The molecule has 4 heteroatoms. The molecule has 102 valence electrons. The third kappa shape index (κ3) is 2.54. The quantitative estimate of drug-likeness (QED) is 0.673. The van der Waals surface area contributed by atoms with Crippen molar-refractivity contribution in [2.75, 3.05) is 7.11 Å². The molecular weight excluding hydrogens is 256 g/mol. The number of benzene rings is 1. The van der Waals surface area contributed by atoms with Gasteiger partial charge in [0, 0.05) is 17.6 Å². The van der Waals surface area contributed by atoms with Crippen molar-refractivity contribution in [1.29, 1.82) is 0 Å². The minimum atomic E-state index is -0.401. The van der Waals surface area contributed by atoms with E-state index in [1.807, 2.05) is 0 Å². The molecule has 20 heavy (non-hydrogen) atoms. The van der Waals surface area contributed by atoms with E-state index in [9.17, 15) is 14.7 Å². The number of rotatable bonds is 4. The molecule has 0 saturated carbocycles. The molecule has 0 spiro atoms. The number of hydrogen-bond acceptors (Lipinski definition) is 4. The van der Waals surface area contributed by atoms with E-state index in [-0.39, 0.29) is 23.1 Å². The Hall–Kier alpha value is -2.62. The number of phenols is 1. The molecule has 4 nitrogen and oxygen atoms in total. The first-order chi connectivity index (χ1) is 9.56. The van der Waals surface area contributed by atoms with Gasteiger partial charge in [-0.3, -0.25) is 9.59 Å². The standard InChI is InChI=1S/C16H14O4/c1-3-12(10-4-6-11(17)7-5-10)13-8-15(19)16(20-2)9-14(13)18/h3-9,12,17H,1H2,2H3/t12-/m1/s1. The molecule has 0 aromatic heterocycles. The summed E-state index contributed by atoms with van der Waals surface area (Å²) in [5, 5.41) is 9.29. The van der Waals surface area contributed by atoms with Crippen molar-refractivity contribution in [3.05, 3.63) is 66.0 Å². The largest absolute Gasteiger partial charge is 0.508 e. The number of hydrogen-bond donors (Lipinski definition) is 1. The summed E-state index contributed by atoms with van der Waals surface area (Å²) in [4.78, 5) is 23.9. The Kier molecular flexibility index (Phi) is 3.84. The lowest BCUT2D eigenvalue weighted by molar-refractivity contribution is -0.117. The normalized spacial score (nSPS) is 16.2. The molecule has 0 unspecified atom stereocenters. The van der Waals surface area contributed by atoms with Gasteiger partial charge in [-0.05, 0) is 23.8 Å². The average Bonchev–Trinajstić information content (AvgIpc) is 2.45. The van der Waals surface area contributed by atoms with Crippen LogP contribution in [0.1, 0.15) is 11.5 Å². The van der Waals surface area contributed by atoms with Gasteiger partial charge in [0.1, 0.15) is 5.75 Å². The molecule has 0 radical (unpaired) electrons. The Morgan fingerprint density at radius 2 is 1.80 bits per heavy atom. The fourth-order valence-electron chi connectivity index (χ4n) is 2.08. The Morgan fingerprint density at radius 3 is 2.35 bits per heavy atom. The van der Waals surface area contributed by atoms with Gasteiger partial charge in [0.2, 0.25) is 5.78 Å². The van der Waals surface area contributed by atoms with Gasteiger partial charge in [-0.15, -0.1) is 6.58 Å². The lowest BCUT2D eigenvalue weighted by atomic mass is 9.85. The van der Waals surface area contributed by atoms with E-state index in [1.165, 1.54) is 31.4 Å². The van der Waals surface area contributed by atoms with E-state index in [0.717, 1.165) is 5.56 Å². The Bertz CT molecular complexity index is 620. The highest BCUT2D eigenvalue weighted by atomic mass is 16.5. The SMILES string of the molecule is C=C[C@@H](C1=CC(=O)C(OC)=CC1=O)c1ccc(O)cc1. The second-order valence-corrected chi connectivity index (χ2v) is 4.35. The van der Waals surface area contributed by atoms with Crippen LogP contribution in [0, 0.1) is 0 Å². The van der Waals surface area contributed by atoms with Crippen LogP contribution in [-0.4, -0.2) is 23.8 Å². The Labute approximate surface area is 116 Å². The van der Waals surface area contributed by atoms with Crippen molar-refractivity contribution in [3.63, 3.8) is 0 Å². The monoisotopic (exact) mass is 270 g/mol. The summed E-state index contributed by atoms with van der Waals surface area (Å²) in [6.45, 7) is 3.71. The molecule has 2 rings (SSSR count). The van der Waals surface area contributed by atoms with Gasteiger partial charge < -0.3 is 9.84 Å². The van der Waals surface area contributed by atoms with E-state index in [4.69, 9.17) is 4.74 Å². The van der Waals surface area contributed by atoms with Crippen molar-refractivity contribution in [1.82, 2.24) is 0 Å². The molecule has 0 saturated heterocycles. The highest BCUT2D eigenvalue weighted by molar-refractivity contribution is 6.19. The van der Waals surface area contributed by atoms with Crippen molar-refractivity contribution in [3.8, 4) is 5.75 Å². The Morgan fingerprint density at radius 1 is 1.15 bits per heavy atom. The predicted octanol–water partition coefficient (Wildman–Crippen LogP) is 2.27. The third-order valence-electron chi connectivity index (χ3n) is 3.12. The zero-order chi connectivity index (χ0) is 14.7. The van der Waals surface area contributed by atoms with E-state index in [1.54, 1.807) is 18.2 Å². The molecule has 0 amide bonds. The van der Waals surface area contributed by atoms with Crippen molar-refractivity contribution < 1.29 is 19.4 Å². The lowest BCUT2D eigenvalue weighted by Crippen LogP contribution is -2.18. The van der Waals surface area contributed by atoms with Crippen LogP contribution in [-0.2, 0) is 14.3 Å². The van der Waals surface area contributed by atoms with E-state index < -0.39 is 5.92 Å². The van der Waals surface area contributed by atoms with Crippen LogP contribution in [0.5, 0.6) is 5.75 Å². The molecule has 1 N–H and O–H groups in total. The fourth-order valence-corrected chi connectivity index (χ4v) is 2.08. The minimum absolute atomic E-state index is 0.0345. The first-order valence-electron chi connectivity index (χ1n) is 6.04. The van der Waals surface area contributed by atoms with Crippen LogP contribution in [0.3, 0.4) is 0 Å². The van der Waals surface area contributed by atoms with Crippen LogP contribution in [0.15, 0.2) is 60.4 Å². The van der Waals surface area contributed by atoms with E-state index in [0.29, 0.717) is 5.57 Å². The van der Waals surface area contributed by atoms with Gasteiger partial charge in [-0.2, -0.15) is 0 Å². The maximum Gasteiger partial charge on any atom is 0.220 e. The van der Waals surface area contributed by atoms with Crippen LogP contribution < -0.4 is 0 Å². The predicted molar refractivity (Wildman–Crippen MR) is 74.2 cm³/mol. The average molecular weight is 270 g/mol. The number of phenolic OH excluding ortho intramolecular Hbond substituents is 1. The number of methoxy groups -OCH3 is 1. The number of carbonyl (C=O) groups is 2. The van der Waals surface area contributed by atoms with Gasteiger partial charge in [0.05, 0.1) is 7.11 Å². The summed E-state index contributed by atoms with van der Waals surface area (Å²) >= 11 is 0. The molecule has 1 aliphatic carbocycles. The van der Waals surface area contributed by atoms with E-state index >= 15 is 0 Å². The zero-order valence-electron chi connectivity index (χ0n) is 11.0. The van der Waals surface area contributed by atoms with E-state index in [2.05, 4.69) is 6.58 Å². The second kappa shape index (κ2) is 5.57. The summed E-state index contributed by atoms with van der Waals surface area (Å²) in [5.41, 5.74) is 1.12. The molecule has 1 aromatic carbocycles. The van der Waals surface area contributed by atoms with Gasteiger partial charge in [-0.25, -0.2) is 0 Å². The smallest absolute Gasteiger partial charge is 0.220 e. The first-order valence-corrected chi connectivity index (χ1v) is 6.04. The minimum Gasteiger partial charge on any atom is -0.508 e. The summed E-state index contributed by atoms with van der Waals surface area (Å²) in [6.07, 6.45) is 4.06. The number of aromatic hydroxyl groups is 1. The number of allylic oxidation sites excluding steroid dienone is 4. The van der Waals surface area contributed by atoms with Crippen molar-refractivity contribution in [2.24, 2.45) is 0 Å². The van der Waals surface area contributed by atoms with Gasteiger partial charge in [0.25, 0.3) is 0 Å². The second-order valence-electron chi connectivity index (χ2n) is 4.35. The van der Waals surface area contributed by atoms with Crippen molar-refractivity contribution >= 4 is 11.6 Å². The van der Waals surface area contributed by atoms with Gasteiger partial charge in [-0.1, -0.05) is 18.2 Å². The van der Waals surface area contributed by atoms with Crippen LogP contribution >= 0.6 is 0 Å². The maximum absolute atomic E-state index is 12.1. The van der Waals surface area contributed by atoms with Crippen LogP contribution in [0.2, 0.25) is 0 Å². The topological polar surface area (TPSA) is 63.6 Å². The zero-order valence-corrected chi connectivity index (χ0v) is 11.0. The fraction of sp³-hybridized carbons (Fsp3) is 0.125. The first kappa shape index (κ1) is 13.8. The molecule has 0 fully saturated rings. The summed E-state index contributed by atoms with van der Waals surface area (Å²) in [7, 11) is 1.35. The summed E-state index contributed by atoms with van der Waals surface area (Å²) < 4.78 is 4.84. The Balaban J connectivity index is 2.38. The molecular formula is C16H14O4. The molecule has 1 atom stereocenters. The number of ketones is 2. The molecule has 0 heterocycles.